The standard InChI is InChI=1S/C11H19NOSi/c1-14-8-6-12(7-9-14)11(13)10-4-2-3-5-10/h4,14H,2-3,5-9H2,1H3. The summed E-state index contributed by atoms with van der Waals surface area (Å²) >= 11 is 0. The Labute approximate surface area is 87.6 Å². The van der Waals surface area contributed by atoms with Crippen LogP contribution in [0.5, 0.6) is 0 Å². The van der Waals surface area contributed by atoms with Crippen LogP contribution in [0.1, 0.15) is 19.3 Å². The van der Waals surface area contributed by atoms with Gasteiger partial charge in [0.2, 0.25) is 5.91 Å². The van der Waals surface area contributed by atoms with Gasteiger partial charge in [0.1, 0.15) is 0 Å². The fraction of sp³-hybridized carbons (Fsp3) is 0.727. The molecule has 0 N–H and O–H groups in total. The van der Waals surface area contributed by atoms with Crippen molar-refractivity contribution in [3.05, 3.63) is 11.6 Å². The normalized spacial score (nSPS) is 23.8. The molecule has 0 unspecified atom stereocenters. The minimum atomic E-state index is -0.421. The van der Waals surface area contributed by atoms with Crippen LogP contribution in [-0.2, 0) is 4.79 Å². The van der Waals surface area contributed by atoms with E-state index in [0.29, 0.717) is 5.91 Å². The lowest BCUT2D eigenvalue weighted by Crippen LogP contribution is -2.40. The van der Waals surface area contributed by atoms with Gasteiger partial charge in [0, 0.05) is 27.5 Å². The second-order valence-corrected chi connectivity index (χ2v) is 7.96. The molecular weight excluding hydrogens is 190 g/mol. The zero-order valence-electron chi connectivity index (χ0n) is 8.96. The van der Waals surface area contributed by atoms with Gasteiger partial charge in [0.05, 0.1) is 0 Å². The molecule has 0 aromatic rings. The summed E-state index contributed by atoms with van der Waals surface area (Å²) in [5.41, 5.74) is 1.08. The molecule has 78 valence electrons. The Bertz CT molecular complexity index is 254. The van der Waals surface area contributed by atoms with E-state index in [2.05, 4.69) is 17.5 Å². The van der Waals surface area contributed by atoms with Gasteiger partial charge in [-0.15, -0.1) is 0 Å². The number of carbonyl (C=O) groups excluding carboxylic acids is 1. The van der Waals surface area contributed by atoms with Crippen LogP contribution >= 0.6 is 0 Å². The lowest BCUT2D eigenvalue weighted by Gasteiger charge is -2.30. The molecule has 1 aliphatic carbocycles. The van der Waals surface area contributed by atoms with Crippen molar-refractivity contribution in [3.8, 4) is 0 Å². The SMILES string of the molecule is C[SiH]1CCN(C(=O)C2=CCCC2)CC1. The minimum absolute atomic E-state index is 0.336. The molecule has 0 radical (unpaired) electrons. The van der Waals surface area contributed by atoms with Crippen LogP contribution in [0.4, 0.5) is 0 Å². The van der Waals surface area contributed by atoms with Gasteiger partial charge in [0.15, 0.2) is 0 Å². The molecule has 0 spiro atoms. The zero-order valence-corrected chi connectivity index (χ0v) is 10.1. The Balaban J connectivity index is 1.91. The zero-order chi connectivity index (χ0) is 9.97. The number of hydrogen-bond donors (Lipinski definition) is 0. The van der Waals surface area contributed by atoms with Crippen LogP contribution < -0.4 is 0 Å². The van der Waals surface area contributed by atoms with Crippen LogP contribution in [0.25, 0.3) is 0 Å². The Morgan fingerprint density at radius 2 is 2.14 bits per heavy atom. The van der Waals surface area contributed by atoms with Crippen molar-refractivity contribution in [1.82, 2.24) is 4.90 Å². The molecule has 1 amide bonds. The maximum atomic E-state index is 12.0. The van der Waals surface area contributed by atoms with Crippen molar-refractivity contribution < 1.29 is 4.79 Å². The quantitative estimate of drug-likeness (QED) is 0.603. The highest BCUT2D eigenvalue weighted by Crippen LogP contribution is 2.21. The average molecular weight is 209 g/mol. The van der Waals surface area contributed by atoms with Crippen molar-refractivity contribution in [1.29, 1.82) is 0 Å². The summed E-state index contributed by atoms with van der Waals surface area (Å²) in [6, 6.07) is 2.64. The van der Waals surface area contributed by atoms with Crippen LogP contribution in [0.15, 0.2) is 11.6 Å². The maximum Gasteiger partial charge on any atom is 0.249 e. The molecule has 14 heavy (non-hydrogen) atoms. The third kappa shape index (κ3) is 2.08. The fourth-order valence-corrected chi connectivity index (χ4v) is 4.07. The minimum Gasteiger partial charge on any atom is -0.340 e. The first kappa shape index (κ1) is 9.96. The number of carbonyl (C=O) groups is 1. The molecule has 1 fully saturated rings. The van der Waals surface area contributed by atoms with E-state index in [1.165, 1.54) is 18.5 Å². The molecule has 2 nitrogen and oxygen atoms in total. The molecule has 0 bridgehead atoms. The van der Waals surface area contributed by atoms with Crippen molar-refractivity contribution >= 4 is 14.7 Å². The summed E-state index contributed by atoms with van der Waals surface area (Å²) in [5, 5.41) is 0. The molecule has 0 aromatic carbocycles. The number of nitrogens with zero attached hydrogens (tertiary/aromatic N) is 1. The lowest BCUT2D eigenvalue weighted by molar-refractivity contribution is -0.127. The summed E-state index contributed by atoms with van der Waals surface area (Å²) in [5.74, 6) is 0.336. The lowest BCUT2D eigenvalue weighted by atomic mass is 10.2. The predicted molar refractivity (Wildman–Crippen MR) is 61.1 cm³/mol. The summed E-state index contributed by atoms with van der Waals surface area (Å²) in [6.45, 7) is 4.48. The second-order valence-electron chi connectivity index (χ2n) is 4.60. The van der Waals surface area contributed by atoms with Crippen molar-refractivity contribution in [2.75, 3.05) is 13.1 Å². The van der Waals surface area contributed by atoms with E-state index in [4.69, 9.17) is 0 Å². The van der Waals surface area contributed by atoms with Gasteiger partial charge in [-0.2, -0.15) is 0 Å². The van der Waals surface area contributed by atoms with E-state index in [1.54, 1.807) is 0 Å². The van der Waals surface area contributed by atoms with E-state index in [9.17, 15) is 4.79 Å². The number of rotatable bonds is 1. The fourth-order valence-electron chi connectivity index (χ4n) is 2.28. The van der Waals surface area contributed by atoms with Gasteiger partial charge in [-0.1, -0.05) is 12.6 Å². The topological polar surface area (TPSA) is 20.3 Å². The predicted octanol–water partition coefficient (Wildman–Crippen LogP) is 1.80. The van der Waals surface area contributed by atoms with E-state index in [0.717, 1.165) is 31.5 Å². The highest BCUT2D eigenvalue weighted by Gasteiger charge is 2.24. The molecule has 2 aliphatic rings. The Morgan fingerprint density at radius 3 is 2.71 bits per heavy atom. The summed E-state index contributed by atoms with van der Waals surface area (Å²) in [6.07, 6.45) is 5.44. The Morgan fingerprint density at radius 1 is 1.43 bits per heavy atom. The van der Waals surface area contributed by atoms with Crippen LogP contribution in [0, 0.1) is 0 Å². The molecule has 1 heterocycles. The molecule has 0 saturated carbocycles. The third-order valence-electron chi connectivity index (χ3n) is 3.39. The summed E-state index contributed by atoms with van der Waals surface area (Å²) in [4.78, 5) is 14.1. The summed E-state index contributed by atoms with van der Waals surface area (Å²) in [7, 11) is -0.421. The van der Waals surface area contributed by atoms with Gasteiger partial charge in [-0.3, -0.25) is 4.79 Å². The number of allylic oxidation sites excluding steroid dienone is 1. The highest BCUT2D eigenvalue weighted by molar-refractivity contribution is 6.57. The van der Waals surface area contributed by atoms with Crippen LogP contribution in [-0.4, -0.2) is 32.7 Å². The first-order valence-electron chi connectivity index (χ1n) is 5.75. The summed E-state index contributed by atoms with van der Waals surface area (Å²) < 4.78 is 0. The van der Waals surface area contributed by atoms with Crippen LogP contribution in [0.3, 0.4) is 0 Å². The molecule has 0 atom stereocenters. The molecule has 1 saturated heterocycles. The first-order valence-corrected chi connectivity index (χ1v) is 8.54. The molecule has 0 aromatic heterocycles. The van der Waals surface area contributed by atoms with E-state index in [-0.39, 0.29) is 0 Å². The van der Waals surface area contributed by atoms with Gasteiger partial charge >= 0.3 is 0 Å². The van der Waals surface area contributed by atoms with Crippen LogP contribution in [0.2, 0.25) is 18.6 Å². The Kier molecular flexibility index (Phi) is 3.06. The monoisotopic (exact) mass is 209 g/mol. The van der Waals surface area contributed by atoms with Gasteiger partial charge in [-0.05, 0) is 31.4 Å². The van der Waals surface area contributed by atoms with Crippen molar-refractivity contribution in [2.45, 2.75) is 37.9 Å². The first-order chi connectivity index (χ1) is 6.77. The van der Waals surface area contributed by atoms with Crippen molar-refractivity contribution in [2.24, 2.45) is 0 Å². The largest absolute Gasteiger partial charge is 0.340 e. The molecule has 1 aliphatic heterocycles. The molecule has 2 rings (SSSR count). The van der Waals surface area contributed by atoms with Crippen molar-refractivity contribution in [3.63, 3.8) is 0 Å². The average Bonchev–Trinajstić information content (AvgIpc) is 2.71. The molecular formula is C11H19NOSi. The third-order valence-corrected chi connectivity index (χ3v) is 5.87. The Hall–Kier alpha value is -0.573. The maximum absolute atomic E-state index is 12.0. The van der Waals surface area contributed by atoms with Gasteiger partial charge in [0.25, 0.3) is 0 Å². The van der Waals surface area contributed by atoms with E-state index >= 15 is 0 Å². The second kappa shape index (κ2) is 4.30. The van der Waals surface area contributed by atoms with E-state index < -0.39 is 8.80 Å². The van der Waals surface area contributed by atoms with Gasteiger partial charge in [-0.25, -0.2) is 0 Å². The smallest absolute Gasteiger partial charge is 0.249 e. The number of hydrogen-bond acceptors (Lipinski definition) is 1. The highest BCUT2D eigenvalue weighted by atomic mass is 28.3. The number of amides is 1. The van der Waals surface area contributed by atoms with E-state index in [1.807, 2.05) is 0 Å². The molecule has 3 heteroatoms. The van der Waals surface area contributed by atoms with Gasteiger partial charge < -0.3 is 4.90 Å².